The van der Waals surface area contributed by atoms with Crippen molar-refractivity contribution in [1.29, 1.82) is 0 Å². The van der Waals surface area contributed by atoms with Gasteiger partial charge in [-0.1, -0.05) is 18.2 Å². The molecule has 1 fully saturated rings. The third kappa shape index (κ3) is 1.70. The van der Waals surface area contributed by atoms with Crippen LogP contribution in [0.5, 0.6) is 11.5 Å². The fraction of sp³-hybridized carbons (Fsp3) is 0.294. The number of nitrogens with two attached hydrogens (primary N) is 1. The zero-order valence-corrected chi connectivity index (χ0v) is 11.5. The Morgan fingerprint density at radius 2 is 1.70 bits per heavy atom. The molecule has 2 aliphatic heterocycles. The Labute approximate surface area is 119 Å². The number of ether oxygens (including phenoxy) is 1. The topological polar surface area (TPSA) is 38.5 Å². The Balaban J connectivity index is 1.93. The normalized spacial score (nSPS) is 24.2. The van der Waals surface area contributed by atoms with Crippen LogP contribution in [0.4, 0.5) is 5.69 Å². The predicted molar refractivity (Wildman–Crippen MR) is 80.3 cm³/mol. The minimum absolute atomic E-state index is 0.460. The highest BCUT2D eigenvalue weighted by Gasteiger charge is 2.38. The van der Waals surface area contributed by atoms with E-state index >= 15 is 0 Å². The molecule has 3 nitrogen and oxygen atoms in total. The molecule has 2 heterocycles. The minimum Gasteiger partial charge on any atom is -0.457 e. The van der Waals surface area contributed by atoms with Crippen molar-refractivity contribution in [2.45, 2.75) is 11.8 Å². The second-order valence-electron chi connectivity index (χ2n) is 5.87. The van der Waals surface area contributed by atoms with E-state index in [1.54, 1.807) is 0 Å². The molecule has 2 aromatic rings. The van der Waals surface area contributed by atoms with Crippen LogP contribution in [-0.2, 0) is 0 Å². The van der Waals surface area contributed by atoms with Crippen LogP contribution in [0.25, 0.3) is 0 Å². The molecular weight excluding hydrogens is 248 g/mol. The van der Waals surface area contributed by atoms with Gasteiger partial charge in [0.2, 0.25) is 0 Å². The summed E-state index contributed by atoms with van der Waals surface area (Å²) in [6, 6.07) is 14.4. The second kappa shape index (κ2) is 4.25. The molecule has 0 spiro atoms. The quantitative estimate of drug-likeness (QED) is 0.744. The highest BCUT2D eigenvalue weighted by atomic mass is 16.5. The van der Waals surface area contributed by atoms with Crippen LogP contribution < -0.4 is 10.5 Å². The Morgan fingerprint density at radius 1 is 1.00 bits per heavy atom. The van der Waals surface area contributed by atoms with Crippen molar-refractivity contribution in [1.82, 2.24) is 4.90 Å². The maximum Gasteiger partial charge on any atom is 0.131 e. The average molecular weight is 266 g/mol. The molecule has 0 amide bonds. The number of hydrogen-bond acceptors (Lipinski definition) is 3. The highest BCUT2D eigenvalue weighted by Crippen LogP contribution is 2.49. The van der Waals surface area contributed by atoms with E-state index in [2.05, 4.69) is 36.2 Å². The molecule has 0 radical (unpaired) electrons. The van der Waals surface area contributed by atoms with E-state index < -0.39 is 0 Å². The summed E-state index contributed by atoms with van der Waals surface area (Å²) >= 11 is 0. The Kier molecular flexibility index (Phi) is 2.51. The van der Waals surface area contributed by atoms with Crippen LogP contribution >= 0.6 is 0 Å². The molecular formula is C17H18N2O. The number of rotatable bonds is 0. The van der Waals surface area contributed by atoms with Crippen molar-refractivity contribution in [2.75, 3.05) is 25.9 Å². The van der Waals surface area contributed by atoms with Gasteiger partial charge in [0.05, 0.1) is 0 Å². The minimum atomic E-state index is 0.460. The fourth-order valence-corrected chi connectivity index (χ4v) is 3.58. The number of nitrogens with zero attached hydrogens (tertiary/aromatic N) is 1. The lowest BCUT2D eigenvalue weighted by molar-refractivity contribution is 0.401. The van der Waals surface area contributed by atoms with Gasteiger partial charge in [0.25, 0.3) is 0 Å². The van der Waals surface area contributed by atoms with E-state index in [1.807, 2.05) is 18.2 Å². The molecule has 0 aliphatic carbocycles. The third-order valence-electron chi connectivity index (χ3n) is 4.47. The summed E-state index contributed by atoms with van der Waals surface area (Å²) < 4.78 is 6.15. The van der Waals surface area contributed by atoms with Gasteiger partial charge in [-0.15, -0.1) is 0 Å². The first-order valence-electron chi connectivity index (χ1n) is 7.07. The summed E-state index contributed by atoms with van der Waals surface area (Å²) in [6.07, 6.45) is 0. The molecule has 1 saturated heterocycles. The van der Waals surface area contributed by atoms with Gasteiger partial charge >= 0.3 is 0 Å². The van der Waals surface area contributed by atoms with Gasteiger partial charge in [-0.2, -0.15) is 0 Å². The van der Waals surface area contributed by atoms with Crippen molar-refractivity contribution >= 4 is 5.69 Å². The van der Waals surface area contributed by atoms with Crippen molar-refractivity contribution in [3.63, 3.8) is 0 Å². The first kappa shape index (κ1) is 11.8. The van der Waals surface area contributed by atoms with Gasteiger partial charge < -0.3 is 15.4 Å². The SMILES string of the molecule is CN1CC2c3cc(N)ccc3Oc3ccccc3[C@H]2C1. The molecule has 4 rings (SSSR count). The van der Waals surface area contributed by atoms with E-state index in [4.69, 9.17) is 10.5 Å². The molecule has 0 aromatic heterocycles. The lowest BCUT2D eigenvalue weighted by Crippen LogP contribution is -2.14. The molecule has 2 N–H and O–H groups in total. The molecule has 3 heteroatoms. The number of nitrogen functional groups attached to an aromatic ring is 1. The molecule has 2 atom stereocenters. The van der Waals surface area contributed by atoms with Crippen LogP contribution in [0, 0.1) is 0 Å². The number of hydrogen-bond donors (Lipinski definition) is 1. The van der Waals surface area contributed by atoms with Crippen LogP contribution in [0.2, 0.25) is 0 Å². The van der Waals surface area contributed by atoms with E-state index in [0.717, 1.165) is 30.3 Å². The maximum absolute atomic E-state index is 6.15. The molecule has 0 saturated carbocycles. The number of benzene rings is 2. The third-order valence-corrected chi connectivity index (χ3v) is 4.47. The fourth-order valence-electron chi connectivity index (χ4n) is 3.58. The number of likely N-dealkylation sites (tertiary alicyclic amines) is 1. The van der Waals surface area contributed by atoms with Gasteiger partial charge in [0, 0.05) is 36.2 Å². The van der Waals surface area contributed by atoms with Crippen LogP contribution in [0.3, 0.4) is 0 Å². The first-order chi connectivity index (χ1) is 9.72. The average Bonchev–Trinajstić information content (AvgIpc) is 2.78. The van der Waals surface area contributed by atoms with Gasteiger partial charge in [0.15, 0.2) is 0 Å². The number of anilines is 1. The standard InChI is InChI=1S/C17H18N2O/c1-19-9-14-12-4-2-3-5-16(12)20-17-7-6-11(18)8-13(17)15(14)10-19/h2-8,14-15H,9-10,18H2,1H3/t14-,15?/m1/s1. The smallest absolute Gasteiger partial charge is 0.131 e. The lowest BCUT2D eigenvalue weighted by Gasteiger charge is -2.17. The second-order valence-corrected chi connectivity index (χ2v) is 5.87. The largest absolute Gasteiger partial charge is 0.457 e. The van der Waals surface area contributed by atoms with Crippen molar-refractivity contribution < 1.29 is 4.74 Å². The number of likely N-dealkylation sites (N-methyl/N-ethyl adjacent to an activating group) is 1. The summed E-state index contributed by atoms with van der Waals surface area (Å²) in [7, 11) is 2.18. The van der Waals surface area contributed by atoms with Crippen molar-refractivity contribution in [2.24, 2.45) is 0 Å². The maximum atomic E-state index is 6.15. The van der Waals surface area contributed by atoms with E-state index in [-0.39, 0.29) is 0 Å². The summed E-state index contributed by atoms with van der Waals surface area (Å²) in [5, 5.41) is 0. The lowest BCUT2D eigenvalue weighted by atomic mass is 9.84. The van der Waals surface area contributed by atoms with Gasteiger partial charge in [-0.05, 0) is 36.9 Å². The number of para-hydroxylation sites is 1. The predicted octanol–water partition coefficient (Wildman–Crippen LogP) is 3.19. The molecule has 0 bridgehead atoms. The van der Waals surface area contributed by atoms with E-state index in [1.165, 1.54) is 11.1 Å². The summed E-state index contributed by atoms with van der Waals surface area (Å²) in [6.45, 7) is 2.12. The Morgan fingerprint density at radius 3 is 2.55 bits per heavy atom. The van der Waals surface area contributed by atoms with Crippen molar-refractivity contribution in [3.8, 4) is 11.5 Å². The number of fused-ring (bicyclic) bond motifs is 5. The van der Waals surface area contributed by atoms with Crippen LogP contribution in [0.15, 0.2) is 42.5 Å². The Hall–Kier alpha value is -2.00. The summed E-state index contributed by atoms with van der Waals surface area (Å²) in [5.41, 5.74) is 9.36. The molecule has 2 aliphatic rings. The monoisotopic (exact) mass is 266 g/mol. The first-order valence-corrected chi connectivity index (χ1v) is 7.07. The van der Waals surface area contributed by atoms with Crippen molar-refractivity contribution in [3.05, 3.63) is 53.6 Å². The molecule has 20 heavy (non-hydrogen) atoms. The highest BCUT2D eigenvalue weighted by molar-refractivity contribution is 5.55. The summed E-state index contributed by atoms with van der Waals surface area (Å²) in [5.74, 6) is 2.89. The van der Waals surface area contributed by atoms with E-state index in [0.29, 0.717) is 11.8 Å². The van der Waals surface area contributed by atoms with Crippen LogP contribution in [0.1, 0.15) is 23.0 Å². The zero-order valence-electron chi connectivity index (χ0n) is 11.5. The Bertz CT molecular complexity index is 668. The molecule has 102 valence electrons. The van der Waals surface area contributed by atoms with Crippen LogP contribution in [-0.4, -0.2) is 25.0 Å². The molecule has 2 aromatic carbocycles. The van der Waals surface area contributed by atoms with Gasteiger partial charge in [-0.25, -0.2) is 0 Å². The van der Waals surface area contributed by atoms with Gasteiger partial charge in [0.1, 0.15) is 11.5 Å². The van der Waals surface area contributed by atoms with Gasteiger partial charge in [-0.3, -0.25) is 0 Å². The van der Waals surface area contributed by atoms with E-state index in [9.17, 15) is 0 Å². The zero-order chi connectivity index (χ0) is 13.7. The summed E-state index contributed by atoms with van der Waals surface area (Å²) in [4.78, 5) is 2.39. The molecule has 1 unspecified atom stereocenters.